The number of ether oxygens (including phenoxy) is 1. The highest BCUT2D eigenvalue weighted by atomic mass is 32.2. The van der Waals surface area contributed by atoms with Crippen LogP contribution in [0.3, 0.4) is 0 Å². The Hall–Kier alpha value is -0.830. The van der Waals surface area contributed by atoms with Crippen LogP contribution in [-0.4, -0.2) is 41.0 Å². The van der Waals surface area contributed by atoms with E-state index >= 15 is 0 Å². The van der Waals surface area contributed by atoms with Gasteiger partial charge in [-0.05, 0) is 12.8 Å². The fourth-order valence-electron chi connectivity index (χ4n) is 1.19. The summed E-state index contributed by atoms with van der Waals surface area (Å²) in [6.07, 6.45) is -5.77. The molecule has 0 unspecified atom stereocenters. The second-order valence-electron chi connectivity index (χ2n) is 3.86. The van der Waals surface area contributed by atoms with Gasteiger partial charge in [-0.1, -0.05) is 0 Å². The summed E-state index contributed by atoms with van der Waals surface area (Å²) in [5, 5.41) is 0. The maximum atomic E-state index is 11.9. The average Bonchev–Trinajstić information content (AvgIpc) is 2.22. The molecule has 0 fully saturated rings. The number of carbonyl (C=O) groups is 1. The molecule has 108 valence electrons. The van der Waals surface area contributed by atoms with E-state index in [4.69, 9.17) is 10.5 Å². The SMILES string of the molecule is COC(=O)[C@@H](N)CC[S@@](=N)(=O)CCCC(F)(F)F. The second-order valence-corrected chi connectivity index (χ2v) is 6.30. The molecule has 0 aromatic carbocycles. The normalized spacial score (nSPS) is 16.9. The summed E-state index contributed by atoms with van der Waals surface area (Å²) < 4.78 is 58.9. The molecule has 0 aliphatic carbocycles. The Kier molecular flexibility index (Phi) is 6.61. The van der Waals surface area contributed by atoms with E-state index in [1.807, 2.05) is 0 Å². The van der Waals surface area contributed by atoms with Gasteiger partial charge in [-0.25, -0.2) is 4.21 Å². The first kappa shape index (κ1) is 17.2. The lowest BCUT2D eigenvalue weighted by Crippen LogP contribution is -2.33. The first-order valence-corrected chi connectivity index (χ1v) is 7.11. The molecule has 18 heavy (non-hydrogen) atoms. The average molecular weight is 290 g/mol. The van der Waals surface area contributed by atoms with Crippen LogP contribution in [0.4, 0.5) is 13.2 Å². The molecule has 0 spiro atoms. The summed E-state index contributed by atoms with van der Waals surface area (Å²) in [6.45, 7) is 0. The van der Waals surface area contributed by atoms with Gasteiger partial charge in [0, 0.05) is 27.7 Å². The van der Waals surface area contributed by atoms with Crippen molar-refractivity contribution in [3.05, 3.63) is 0 Å². The number of rotatable bonds is 7. The van der Waals surface area contributed by atoms with Crippen LogP contribution in [-0.2, 0) is 19.3 Å². The lowest BCUT2D eigenvalue weighted by molar-refractivity contribution is -0.142. The molecule has 0 bridgehead atoms. The number of hydrogen-bond donors (Lipinski definition) is 2. The van der Waals surface area contributed by atoms with E-state index in [1.165, 1.54) is 0 Å². The molecule has 0 saturated carbocycles. The van der Waals surface area contributed by atoms with E-state index < -0.39 is 34.3 Å². The number of nitrogens with one attached hydrogen (secondary N) is 1. The fourth-order valence-corrected chi connectivity index (χ4v) is 2.64. The van der Waals surface area contributed by atoms with E-state index in [-0.39, 0.29) is 24.3 Å². The van der Waals surface area contributed by atoms with Crippen LogP contribution in [0.1, 0.15) is 19.3 Å². The monoisotopic (exact) mass is 290 g/mol. The summed E-state index contributed by atoms with van der Waals surface area (Å²) >= 11 is 0. The number of carbonyl (C=O) groups excluding carboxylic acids is 1. The fraction of sp³-hybridized carbons (Fsp3) is 0.889. The number of halogens is 3. The molecule has 2 atom stereocenters. The second kappa shape index (κ2) is 6.93. The summed E-state index contributed by atoms with van der Waals surface area (Å²) in [5.41, 5.74) is 5.37. The van der Waals surface area contributed by atoms with Gasteiger partial charge in [-0.2, -0.15) is 13.2 Å². The predicted molar refractivity (Wildman–Crippen MR) is 60.5 cm³/mol. The van der Waals surface area contributed by atoms with Crippen molar-refractivity contribution in [2.45, 2.75) is 31.5 Å². The van der Waals surface area contributed by atoms with Gasteiger partial charge in [-0.3, -0.25) is 9.57 Å². The maximum Gasteiger partial charge on any atom is 0.389 e. The number of esters is 1. The molecule has 0 amide bonds. The third kappa shape index (κ3) is 8.29. The predicted octanol–water partition coefficient (Wildman–Crippen LogP) is 1.27. The number of alkyl halides is 3. The van der Waals surface area contributed by atoms with Crippen molar-refractivity contribution >= 4 is 15.7 Å². The lowest BCUT2D eigenvalue weighted by atomic mass is 10.2. The van der Waals surface area contributed by atoms with Crippen molar-refractivity contribution < 1.29 is 26.9 Å². The van der Waals surface area contributed by atoms with Crippen molar-refractivity contribution in [2.75, 3.05) is 18.6 Å². The van der Waals surface area contributed by atoms with Gasteiger partial charge in [-0.15, -0.1) is 0 Å². The Morgan fingerprint density at radius 2 is 2.00 bits per heavy atom. The zero-order valence-corrected chi connectivity index (χ0v) is 10.8. The van der Waals surface area contributed by atoms with Gasteiger partial charge in [0.25, 0.3) is 0 Å². The smallest absolute Gasteiger partial charge is 0.389 e. The highest BCUT2D eigenvalue weighted by Crippen LogP contribution is 2.21. The first-order chi connectivity index (χ1) is 8.07. The number of methoxy groups -OCH3 is 1. The van der Waals surface area contributed by atoms with Gasteiger partial charge >= 0.3 is 12.1 Å². The molecule has 0 rings (SSSR count). The highest BCUT2D eigenvalue weighted by Gasteiger charge is 2.27. The van der Waals surface area contributed by atoms with Crippen molar-refractivity contribution in [3.8, 4) is 0 Å². The molecule has 0 aliphatic heterocycles. The molecule has 0 aromatic rings. The number of hydrogen-bond acceptors (Lipinski definition) is 5. The van der Waals surface area contributed by atoms with Gasteiger partial charge in [0.2, 0.25) is 0 Å². The lowest BCUT2D eigenvalue weighted by Gasteiger charge is -2.12. The molecular formula is C9H17F3N2O3S. The van der Waals surface area contributed by atoms with E-state index in [1.54, 1.807) is 0 Å². The van der Waals surface area contributed by atoms with E-state index in [0.29, 0.717) is 0 Å². The van der Waals surface area contributed by atoms with Gasteiger partial charge in [0.15, 0.2) is 0 Å². The molecule has 9 heteroatoms. The Balaban J connectivity index is 4.06. The topological polar surface area (TPSA) is 93.2 Å². The molecule has 3 N–H and O–H groups in total. The Morgan fingerprint density at radius 3 is 2.44 bits per heavy atom. The van der Waals surface area contributed by atoms with Crippen LogP contribution in [0.5, 0.6) is 0 Å². The van der Waals surface area contributed by atoms with E-state index in [0.717, 1.165) is 7.11 Å². The third-order valence-electron chi connectivity index (χ3n) is 2.20. The minimum Gasteiger partial charge on any atom is -0.468 e. The van der Waals surface area contributed by atoms with E-state index in [2.05, 4.69) is 4.74 Å². The van der Waals surface area contributed by atoms with Gasteiger partial charge in [0.05, 0.1) is 7.11 Å². The highest BCUT2D eigenvalue weighted by molar-refractivity contribution is 7.92. The summed E-state index contributed by atoms with van der Waals surface area (Å²) in [6, 6.07) is -0.996. The largest absolute Gasteiger partial charge is 0.468 e. The van der Waals surface area contributed by atoms with E-state index in [9.17, 15) is 22.2 Å². The van der Waals surface area contributed by atoms with Crippen LogP contribution in [0.15, 0.2) is 0 Å². The van der Waals surface area contributed by atoms with Crippen molar-refractivity contribution in [1.82, 2.24) is 0 Å². The van der Waals surface area contributed by atoms with Crippen LogP contribution in [0, 0.1) is 4.78 Å². The quantitative estimate of drug-likeness (QED) is 0.690. The van der Waals surface area contributed by atoms with Gasteiger partial charge < -0.3 is 10.5 Å². The van der Waals surface area contributed by atoms with Crippen molar-refractivity contribution in [1.29, 1.82) is 4.78 Å². The van der Waals surface area contributed by atoms with Crippen molar-refractivity contribution in [2.24, 2.45) is 5.73 Å². The minimum absolute atomic E-state index is 0.0407. The van der Waals surface area contributed by atoms with Gasteiger partial charge in [0.1, 0.15) is 6.04 Å². The first-order valence-electron chi connectivity index (χ1n) is 5.22. The Bertz CT molecular complexity index is 368. The maximum absolute atomic E-state index is 11.9. The Labute approximate surface area is 104 Å². The summed E-state index contributed by atoms with van der Waals surface area (Å²) in [4.78, 5) is 10.9. The molecule has 0 saturated heterocycles. The van der Waals surface area contributed by atoms with Crippen LogP contribution in [0.2, 0.25) is 0 Å². The molecule has 0 aromatic heterocycles. The standard InChI is InChI=1S/C9H17F3N2O3S/c1-17-8(15)7(13)3-6-18(14,16)5-2-4-9(10,11)12/h7,14H,2-6,13H2,1H3/t7-,18-/m0/s1. The zero-order valence-electron chi connectivity index (χ0n) is 9.96. The van der Waals surface area contributed by atoms with Crippen LogP contribution < -0.4 is 5.73 Å². The molecule has 0 aliphatic rings. The minimum atomic E-state index is -4.31. The molecule has 5 nitrogen and oxygen atoms in total. The summed E-state index contributed by atoms with van der Waals surface area (Å²) in [5.74, 6) is -1.25. The summed E-state index contributed by atoms with van der Waals surface area (Å²) in [7, 11) is -1.99. The van der Waals surface area contributed by atoms with Crippen LogP contribution >= 0.6 is 0 Å². The number of nitrogens with two attached hydrogens (primary N) is 1. The third-order valence-corrected chi connectivity index (χ3v) is 4.04. The molecule has 0 heterocycles. The van der Waals surface area contributed by atoms with Crippen LogP contribution in [0.25, 0.3) is 0 Å². The Morgan fingerprint density at radius 1 is 1.44 bits per heavy atom. The van der Waals surface area contributed by atoms with Crippen molar-refractivity contribution in [3.63, 3.8) is 0 Å². The zero-order chi connectivity index (χ0) is 14.4. The molecule has 0 radical (unpaired) electrons. The molecular weight excluding hydrogens is 273 g/mol.